The van der Waals surface area contributed by atoms with Gasteiger partial charge in [-0.2, -0.15) is 0 Å². The van der Waals surface area contributed by atoms with Crippen LogP contribution in [0.5, 0.6) is 5.75 Å². The Bertz CT molecular complexity index is 1160. The highest BCUT2D eigenvalue weighted by molar-refractivity contribution is 9.10. The van der Waals surface area contributed by atoms with E-state index >= 15 is 0 Å². The summed E-state index contributed by atoms with van der Waals surface area (Å²) in [7, 11) is 0. The van der Waals surface area contributed by atoms with Crippen molar-refractivity contribution in [3.8, 4) is 5.75 Å². The number of phenols is 1. The van der Waals surface area contributed by atoms with Crippen molar-refractivity contribution in [1.29, 1.82) is 0 Å². The highest BCUT2D eigenvalue weighted by Gasteiger charge is 2.43. The Balaban J connectivity index is 1.71. The van der Waals surface area contributed by atoms with E-state index in [1.165, 1.54) is 0 Å². The summed E-state index contributed by atoms with van der Waals surface area (Å²) in [5.74, 6) is -0.102. The van der Waals surface area contributed by atoms with Gasteiger partial charge in [0.1, 0.15) is 11.3 Å². The Hall–Kier alpha value is -2.64. The van der Waals surface area contributed by atoms with Crippen molar-refractivity contribution in [1.82, 2.24) is 4.90 Å². The van der Waals surface area contributed by atoms with E-state index in [0.717, 1.165) is 22.9 Å². The molecule has 3 aromatic rings. The normalized spacial score (nSPS) is 21.1. The molecule has 0 aliphatic carbocycles. The van der Waals surface area contributed by atoms with Crippen molar-refractivity contribution >= 4 is 32.8 Å². The first-order valence-corrected chi connectivity index (χ1v) is 10.3. The summed E-state index contributed by atoms with van der Waals surface area (Å²) >= 11 is 3.40. The van der Waals surface area contributed by atoms with Crippen molar-refractivity contribution in [2.45, 2.75) is 25.0 Å². The van der Waals surface area contributed by atoms with E-state index in [-0.39, 0.29) is 28.9 Å². The Kier molecular flexibility index (Phi) is 4.44. The van der Waals surface area contributed by atoms with Crippen molar-refractivity contribution in [3.63, 3.8) is 0 Å². The maximum Gasteiger partial charge on any atom is 0.291 e. The van der Waals surface area contributed by atoms with Gasteiger partial charge in [-0.25, -0.2) is 0 Å². The zero-order chi connectivity index (χ0) is 20.1. The van der Waals surface area contributed by atoms with Crippen molar-refractivity contribution in [2.75, 3.05) is 13.2 Å². The van der Waals surface area contributed by atoms with Crippen molar-refractivity contribution < 1.29 is 19.1 Å². The number of ether oxygens (including phenoxy) is 1. The number of carbonyl (C=O) groups is 1. The third kappa shape index (κ3) is 3.05. The van der Waals surface area contributed by atoms with Crippen molar-refractivity contribution in [2.24, 2.45) is 0 Å². The molecule has 5 rings (SSSR count). The van der Waals surface area contributed by atoms with Gasteiger partial charge < -0.3 is 19.2 Å². The molecule has 29 heavy (non-hydrogen) atoms. The van der Waals surface area contributed by atoms with Gasteiger partial charge in [0, 0.05) is 17.6 Å². The lowest BCUT2D eigenvalue weighted by Crippen LogP contribution is -2.36. The van der Waals surface area contributed by atoms with E-state index in [2.05, 4.69) is 15.9 Å². The first-order valence-electron chi connectivity index (χ1n) is 9.50. The van der Waals surface area contributed by atoms with E-state index in [4.69, 9.17) is 9.15 Å². The number of hydrogen-bond donors (Lipinski definition) is 1. The molecule has 1 N–H and O–H groups in total. The fraction of sp³-hybridized carbons (Fsp3) is 0.273. The van der Waals surface area contributed by atoms with Crippen LogP contribution in [-0.4, -0.2) is 35.2 Å². The Morgan fingerprint density at radius 3 is 2.66 bits per heavy atom. The third-order valence-electron chi connectivity index (χ3n) is 5.56. The number of phenolic OH excluding ortho intramolecular Hbond substituents is 1. The molecule has 3 heterocycles. The van der Waals surface area contributed by atoms with E-state index in [9.17, 15) is 14.7 Å². The van der Waals surface area contributed by atoms with Crippen LogP contribution in [0.15, 0.2) is 56.1 Å². The zero-order valence-electron chi connectivity index (χ0n) is 15.4. The molecule has 0 radical (unpaired) electrons. The van der Waals surface area contributed by atoms with Gasteiger partial charge in [0.2, 0.25) is 5.76 Å². The maximum absolute atomic E-state index is 13.4. The average Bonchev–Trinajstić information content (AvgIpc) is 3.32. The smallest absolute Gasteiger partial charge is 0.291 e. The molecule has 0 bridgehead atoms. The number of benzene rings is 2. The highest BCUT2D eigenvalue weighted by Crippen LogP contribution is 2.39. The lowest BCUT2D eigenvalue weighted by atomic mass is 9.98. The van der Waals surface area contributed by atoms with E-state index in [1.54, 1.807) is 47.4 Å². The van der Waals surface area contributed by atoms with Crippen LogP contribution in [-0.2, 0) is 4.74 Å². The number of aromatic hydroxyl groups is 1. The second-order valence-electron chi connectivity index (χ2n) is 7.40. The SMILES string of the molecule is O=C1c2oc3ccc(Br)cc3c(=O)c2C(c2ccc(O)cc2)N1CC1CCCO1. The first-order chi connectivity index (χ1) is 14.0. The van der Waals surface area contributed by atoms with Crippen LogP contribution in [0.25, 0.3) is 11.0 Å². The number of carbonyl (C=O) groups excluding carboxylic acids is 1. The summed E-state index contributed by atoms with van der Waals surface area (Å²) < 4.78 is 12.4. The minimum Gasteiger partial charge on any atom is -0.508 e. The van der Waals surface area contributed by atoms with Gasteiger partial charge in [0.25, 0.3) is 5.91 Å². The predicted molar refractivity (Wildman–Crippen MR) is 110 cm³/mol. The minimum atomic E-state index is -0.582. The molecule has 0 saturated carbocycles. The topological polar surface area (TPSA) is 80.0 Å². The highest BCUT2D eigenvalue weighted by atomic mass is 79.9. The van der Waals surface area contributed by atoms with E-state index in [0.29, 0.717) is 29.7 Å². The number of fused-ring (bicyclic) bond motifs is 2. The number of halogens is 1. The number of amides is 1. The zero-order valence-corrected chi connectivity index (χ0v) is 17.0. The van der Waals surface area contributed by atoms with Crippen LogP contribution in [0.2, 0.25) is 0 Å². The summed E-state index contributed by atoms with van der Waals surface area (Å²) in [5, 5.41) is 10.1. The predicted octanol–water partition coefficient (Wildman–Crippen LogP) is 3.99. The number of hydrogen-bond acceptors (Lipinski definition) is 5. The third-order valence-corrected chi connectivity index (χ3v) is 6.05. The molecule has 1 amide bonds. The van der Waals surface area contributed by atoms with Gasteiger partial charge in [-0.05, 0) is 48.7 Å². The Morgan fingerprint density at radius 2 is 1.93 bits per heavy atom. The summed E-state index contributed by atoms with van der Waals surface area (Å²) in [6.45, 7) is 1.06. The van der Waals surface area contributed by atoms with Crippen LogP contribution in [0.4, 0.5) is 0 Å². The second kappa shape index (κ2) is 7.00. The molecular weight excluding hydrogens is 438 g/mol. The minimum absolute atomic E-state index is 0.0634. The van der Waals surface area contributed by atoms with Crippen LogP contribution in [0.3, 0.4) is 0 Å². The summed E-state index contributed by atoms with van der Waals surface area (Å²) in [6, 6.07) is 11.2. The monoisotopic (exact) mass is 455 g/mol. The molecule has 7 heteroatoms. The Morgan fingerprint density at radius 1 is 1.14 bits per heavy atom. The first kappa shape index (κ1) is 18.4. The van der Waals surface area contributed by atoms with E-state index < -0.39 is 6.04 Å². The molecule has 6 nitrogen and oxygen atoms in total. The van der Waals surface area contributed by atoms with Crippen LogP contribution >= 0.6 is 15.9 Å². The molecule has 2 aliphatic rings. The molecule has 148 valence electrons. The number of nitrogens with zero attached hydrogens (tertiary/aromatic N) is 1. The molecule has 0 spiro atoms. The molecule has 2 unspecified atom stereocenters. The molecular formula is C22H18BrNO5. The lowest BCUT2D eigenvalue weighted by Gasteiger charge is -2.27. The molecule has 2 aromatic carbocycles. The molecule has 2 atom stereocenters. The molecule has 2 aliphatic heterocycles. The van der Waals surface area contributed by atoms with Gasteiger partial charge in [-0.3, -0.25) is 9.59 Å². The van der Waals surface area contributed by atoms with Gasteiger partial charge in [-0.1, -0.05) is 28.1 Å². The molecule has 1 aromatic heterocycles. The van der Waals surface area contributed by atoms with Crippen molar-refractivity contribution in [3.05, 3.63) is 74.0 Å². The Labute approximate surface area is 174 Å². The summed E-state index contributed by atoms with van der Waals surface area (Å²) in [5.41, 5.74) is 1.25. The second-order valence-corrected chi connectivity index (χ2v) is 8.32. The summed E-state index contributed by atoms with van der Waals surface area (Å²) in [6.07, 6.45) is 1.77. The number of rotatable bonds is 3. The largest absolute Gasteiger partial charge is 0.508 e. The van der Waals surface area contributed by atoms with Gasteiger partial charge in [0.15, 0.2) is 5.43 Å². The fourth-order valence-corrected chi connectivity index (χ4v) is 4.55. The van der Waals surface area contributed by atoms with Gasteiger partial charge in [0.05, 0.1) is 23.1 Å². The van der Waals surface area contributed by atoms with Gasteiger partial charge >= 0.3 is 0 Å². The average molecular weight is 456 g/mol. The molecule has 1 fully saturated rings. The van der Waals surface area contributed by atoms with Crippen LogP contribution < -0.4 is 5.43 Å². The van der Waals surface area contributed by atoms with Gasteiger partial charge in [-0.15, -0.1) is 0 Å². The van der Waals surface area contributed by atoms with Crippen LogP contribution in [0.1, 0.15) is 40.6 Å². The lowest BCUT2D eigenvalue weighted by molar-refractivity contribution is 0.0486. The fourth-order valence-electron chi connectivity index (χ4n) is 4.19. The quantitative estimate of drug-likeness (QED) is 0.645. The van der Waals surface area contributed by atoms with E-state index in [1.807, 2.05) is 0 Å². The molecule has 1 saturated heterocycles. The standard InChI is InChI=1S/C22H18BrNO5/c23-13-5-8-17-16(10-13)20(26)18-19(12-3-6-14(25)7-4-12)24(22(27)21(18)29-17)11-15-2-1-9-28-15/h3-8,10,15,19,25H,1-2,9,11H2. The summed E-state index contributed by atoms with van der Waals surface area (Å²) in [4.78, 5) is 28.3. The van der Waals surface area contributed by atoms with Crippen LogP contribution in [0, 0.1) is 0 Å². The maximum atomic E-state index is 13.4.